The van der Waals surface area contributed by atoms with Gasteiger partial charge in [-0.3, -0.25) is 19.6 Å². The SMILES string of the molecule is CCn1cc(S(=O)(=O)N2CCN(C(=O)Cn3nc([N+](=O)[O-])c([N+](=O)[O-])c3C)CC2)c(C)n1. The Morgan fingerprint density at radius 2 is 1.72 bits per heavy atom. The highest BCUT2D eigenvalue weighted by atomic mass is 32.2. The summed E-state index contributed by atoms with van der Waals surface area (Å²) in [6.07, 6.45) is 1.47. The molecule has 0 N–H and O–H groups in total. The van der Waals surface area contributed by atoms with E-state index < -0.39 is 43.8 Å². The lowest BCUT2D eigenvalue weighted by molar-refractivity contribution is -0.424. The van der Waals surface area contributed by atoms with Crippen molar-refractivity contribution in [3.63, 3.8) is 0 Å². The van der Waals surface area contributed by atoms with Crippen molar-refractivity contribution in [1.82, 2.24) is 28.8 Å². The molecule has 0 radical (unpaired) electrons. The molecule has 1 amide bonds. The Hall–Kier alpha value is -3.40. The van der Waals surface area contributed by atoms with Gasteiger partial charge in [-0.05, 0) is 25.7 Å². The zero-order valence-corrected chi connectivity index (χ0v) is 18.5. The smallest absolute Gasteiger partial charge is 0.358 e. The number of piperazine rings is 1. The van der Waals surface area contributed by atoms with Gasteiger partial charge in [0, 0.05) is 38.9 Å². The summed E-state index contributed by atoms with van der Waals surface area (Å²) >= 11 is 0. The van der Waals surface area contributed by atoms with Crippen molar-refractivity contribution in [3.05, 3.63) is 37.8 Å². The number of carbonyl (C=O) groups excluding carboxylic acids is 1. The maximum absolute atomic E-state index is 12.9. The van der Waals surface area contributed by atoms with E-state index in [2.05, 4.69) is 10.2 Å². The number of rotatable bonds is 7. The number of nitrogens with zero attached hydrogens (tertiary/aromatic N) is 8. The van der Waals surface area contributed by atoms with Gasteiger partial charge < -0.3 is 15.0 Å². The Kier molecular flexibility index (Phi) is 6.27. The fourth-order valence-electron chi connectivity index (χ4n) is 3.47. The van der Waals surface area contributed by atoms with Gasteiger partial charge in [-0.1, -0.05) is 0 Å². The van der Waals surface area contributed by atoms with E-state index in [0.717, 1.165) is 4.68 Å². The van der Waals surface area contributed by atoms with Gasteiger partial charge in [0.2, 0.25) is 15.9 Å². The number of hydrogen-bond acceptors (Lipinski definition) is 9. The van der Waals surface area contributed by atoms with Crippen LogP contribution in [0, 0.1) is 34.1 Å². The Morgan fingerprint density at radius 1 is 1.09 bits per heavy atom. The van der Waals surface area contributed by atoms with Gasteiger partial charge in [0.05, 0.1) is 15.7 Å². The maximum atomic E-state index is 12.9. The average Bonchev–Trinajstić information content (AvgIpc) is 3.28. The number of aromatic nitrogens is 4. The Bertz CT molecular complexity index is 1180. The molecule has 0 spiro atoms. The summed E-state index contributed by atoms with van der Waals surface area (Å²) in [6, 6.07) is 0. The van der Waals surface area contributed by atoms with Crippen LogP contribution in [0.3, 0.4) is 0 Å². The first-order valence-electron chi connectivity index (χ1n) is 9.65. The first-order valence-corrected chi connectivity index (χ1v) is 11.1. The zero-order valence-electron chi connectivity index (χ0n) is 17.7. The summed E-state index contributed by atoms with van der Waals surface area (Å²) < 4.78 is 29.6. The molecule has 1 aliphatic heterocycles. The van der Waals surface area contributed by atoms with Crippen molar-refractivity contribution in [3.8, 4) is 0 Å². The molecule has 1 saturated heterocycles. The molecule has 0 aromatic carbocycles. The fraction of sp³-hybridized carbons (Fsp3) is 0.562. The molecule has 1 aliphatic rings. The second-order valence-corrected chi connectivity index (χ2v) is 9.06. The van der Waals surface area contributed by atoms with E-state index in [1.165, 1.54) is 27.0 Å². The van der Waals surface area contributed by atoms with Crippen LogP contribution in [0.4, 0.5) is 11.5 Å². The minimum absolute atomic E-state index is 0.0587. The predicted molar refractivity (Wildman–Crippen MR) is 108 cm³/mol. The van der Waals surface area contributed by atoms with E-state index in [1.54, 1.807) is 6.92 Å². The van der Waals surface area contributed by atoms with Crippen LogP contribution < -0.4 is 0 Å². The Labute approximate surface area is 182 Å². The van der Waals surface area contributed by atoms with Crippen LogP contribution in [-0.4, -0.2) is 79.1 Å². The molecule has 3 heterocycles. The molecule has 0 unspecified atom stereocenters. The van der Waals surface area contributed by atoms with Gasteiger partial charge in [0.1, 0.15) is 17.1 Å². The molecule has 174 valence electrons. The van der Waals surface area contributed by atoms with E-state index in [0.29, 0.717) is 12.2 Å². The fourth-order valence-corrected chi connectivity index (χ4v) is 5.06. The first-order chi connectivity index (χ1) is 15.0. The third-order valence-electron chi connectivity index (χ3n) is 5.23. The van der Waals surface area contributed by atoms with Crippen LogP contribution in [0.2, 0.25) is 0 Å². The van der Waals surface area contributed by atoms with E-state index in [9.17, 15) is 33.4 Å². The van der Waals surface area contributed by atoms with Gasteiger partial charge in [-0.25, -0.2) is 8.42 Å². The number of nitro groups is 2. The molecule has 0 saturated carbocycles. The topological polar surface area (TPSA) is 180 Å². The molecule has 1 fully saturated rings. The van der Waals surface area contributed by atoms with Crippen LogP contribution in [0.1, 0.15) is 18.3 Å². The lowest BCUT2D eigenvalue weighted by Gasteiger charge is -2.33. The van der Waals surface area contributed by atoms with Gasteiger partial charge in [-0.2, -0.15) is 14.1 Å². The van der Waals surface area contributed by atoms with E-state index in [1.807, 2.05) is 6.92 Å². The van der Waals surface area contributed by atoms with Crippen LogP contribution in [-0.2, 0) is 27.9 Å². The normalized spacial score (nSPS) is 15.2. The highest BCUT2D eigenvalue weighted by molar-refractivity contribution is 7.89. The second-order valence-electron chi connectivity index (χ2n) is 7.15. The van der Waals surface area contributed by atoms with Crippen molar-refractivity contribution < 1.29 is 23.1 Å². The number of hydrogen-bond donors (Lipinski definition) is 0. The molecule has 15 nitrogen and oxygen atoms in total. The lowest BCUT2D eigenvalue weighted by atomic mass is 10.3. The van der Waals surface area contributed by atoms with Crippen molar-refractivity contribution >= 4 is 27.4 Å². The zero-order chi connectivity index (χ0) is 23.8. The molecule has 3 rings (SSSR count). The van der Waals surface area contributed by atoms with E-state index in [-0.39, 0.29) is 36.8 Å². The highest BCUT2D eigenvalue weighted by Gasteiger charge is 2.37. The molecule has 0 aliphatic carbocycles. The summed E-state index contributed by atoms with van der Waals surface area (Å²) in [5.41, 5.74) is -0.482. The van der Waals surface area contributed by atoms with Gasteiger partial charge in [0.25, 0.3) is 0 Å². The number of carbonyl (C=O) groups is 1. The molecule has 32 heavy (non-hydrogen) atoms. The Morgan fingerprint density at radius 3 is 2.19 bits per heavy atom. The minimum atomic E-state index is -3.77. The van der Waals surface area contributed by atoms with Crippen LogP contribution in [0.25, 0.3) is 0 Å². The second kappa shape index (κ2) is 8.62. The molecule has 16 heteroatoms. The van der Waals surface area contributed by atoms with Gasteiger partial charge in [0.15, 0.2) is 0 Å². The molecular formula is C16H22N8O7S. The van der Waals surface area contributed by atoms with E-state index >= 15 is 0 Å². The molecule has 0 bridgehead atoms. The monoisotopic (exact) mass is 470 g/mol. The highest BCUT2D eigenvalue weighted by Crippen LogP contribution is 2.29. The number of aryl methyl sites for hydroxylation is 2. The minimum Gasteiger partial charge on any atom is -0.358 e. The first kappa shape index (κ1) is 23.3. The molecule has 0 atom stereocenters. The maximum Gasteiger partial charge on any atom is 0.468 e. The van der Waals surface area contributed by atoms with Crippen LogP contribution in [0.5, 0.6) is 0 Å². The van der Waals surface area contributed by atoms with Gasteiger partial charge >= 0.3 is 11.5 Å². The summed E-state index contributed by atoms with van der Waals surface area (Å²) in [7, 11) is -3.77. The van der Waals surface area contributed by atoms with Crippen molar-refractivity contribution in [1.29, 1.82) is 0 Å². The largest absolute Gasteiger partial charge is 0.468 e. The predicted octanol–water partition coefficient (Wildman–Crippen LogP) is 0.0658. The summed E-state index contributed by atoms with van der Waals surface area (Å²) in [6.45, 7) is 5.15. The van der Waals surface area contributed by atoms with Crippen molar-refractivity contribution in [2.24, 2.45) is 0 Å². The third kappa shape index (κ3) is 4.18. The van der Waals surface area contributed by atoms with Gasteiger partial charge in [-0.15, -0.1) is 0 Å². The van der Waals surface area contributed by atoms with Crippen LogP contribution in [0.15, 0.2) is 11.1 Å². The molecular weight excluding hydrogens is 448 g/mol. The summed E-state index contributed by atoms with van der Waals surface area (Å²) in [5, 5.41) is 29.9. The summed E-state index contributed by atoms with van der Waals surface area (Å²) in [5.74, 6) is -1.41. The average molecular weight is 470 g/mol. The number of amides is 1. The Balaban J connectivity index is 1.70. The standard InChI is InChI=1S/C16H22N8O7S/c1-4-20-9-13(11(2)17-20)32(30,31)21-7-5-19(6-8-21)14(25)10-22-12(3)15(23(26)27)16(18-22)24(28)29/h9H,4-8,10H2,1-3H3. The number of sulfonamides is 1. The van der Waals surface area contributed by atoms with Crippen LogP contribution >= 0.6 is 0 Å². The van der Waals surface area contributed by atoms with Crippen molar-refractivity contribution in [2.75, 3.05) is 26.2 Å². The summed E-state index contributed by atoms with van der Waals surface area (Å²) in [4.78, 5) is 34.4. The van der Waals surface area contributed by atoms with Crippen molar-refractivity contribution in [2.45, 2.75) is 38.8 Å². The van der Waals surface area contributed by atoms with E-state index in [4.69, 9.17) is 0 Å². The third-order valence-corrected chi connectivity index (χ3v) is 7.23. The lowest BCUT2D eigenvalue weighted by Crippen LogP contribution is -2.51. The molecule has 2 aromatic rings. The molecule has 2 aromatic heterocycles. The quantitative estimate of drug-likeness (QED) is 0.399.